The van der Waals surface area contributed by atoms with Gasteiger partial charge in [0.2, 0.25) is 0 Å². The van der Waals surface area contributed by atoms with Crippen LogP contribution in [-0.4, -0.2) is 38.1 Å². The monoisotopic (exact) mass is 228 g/mol. The van der Waals surface area contributed by atoms with Gasteiger partial charge in [0.25, 0.3) is 0 Å². The molecule has 0 spiro atoms. The maximum atomic E-state index is 3.52. The van der Waals surface area contributed by atoms with Crippen LogP contribution in [0.1, 0.15) is 47.0 Å². The molecule has 0 bridgehead atoms. The van der Waals surface area contributed by atoms with Crippen LogP contribution in [0.2, 0.25) is 0 Å². The molecule has 0 heterocycles. The summed E-state index contributed by atoms with van der Waals surface area (Å²) in [6.45, 7) is 13.9. The summed E-state index contributed by atoms with van der Waals surface area (Å²) < 4.78 is 0. The predicted octanol–water partition coefficient (Wildman–Crippen LogP) is 2.99. The van der Waals surface area contributed by atoms with Crippen molar-refractivity contribution < 1.29 is 0 Å². The molecule has 2 heteroatoms. The fourth-order valence-corrected chi connectivity index (χ4v) is 1.62. The smallest absolute Gasteiger partial charge is 0.0104 e. The Bertz CT molecular complexity index is 144. The Morgan fingerprint density at radius 3 is 2.06 bits per heavy atom. The Morgan fingerprint density at radius 2 is 1.50 bits per heavy atom. The highest BCUT2D eigenvalue weighted by Crippen LogP contribution is 2.02. The molecule has 1 N–H and O–H groups in total. The van der Waals surface area contributed by atoms with Crippen LogP contribution in [0.5, 0.6) is 0 Å². The maximum absolute atomic E-state index is 3.52. The molecule has 0 atom stereocenters. The van der Waals surface area contributed by atoms with Crippen molar-refractivity contribution in [3.63, 3.8) is 0 Å². The first kappa shape index (κ1) is 15.9. The van der Waals surface area contributed by atoms with Crippen LogP contribution in [0.15, 0.2) is 0 Å². The molecule has 2 nitrogen and oxygen atoms in total. The number of hydrogen-bond acceptors (Lipinski definition) is 2. The van der Waals surface area contributed by atoms with Crippen molar-refractivity contribution >= 4 is 0 Å². The minimum absolute atomic E-state index is 0.821. The Kier molecular flexibility index (Phi) is 10.0. The molecule has 0 saturated heterocycles. The van der Waals surface area contributed by atoms with Gasteiger partial charge in [-0.2, -0.15) is 0 Å². The molecule has 98 valence electrons. The zero-order chi connectivity index (χ0) is 12.4. The number of hydrogen-bond donors (Lipinski definition) is 1. The van der Waals surface area contributed by atoms with Gasteiger partial charge in [-0.15, -0.1) is 0 Å². The summed E-state index contributed by atoms with van der Waals surface area (Å²) in [7, 11) is 2.22. The van der Waals surface area contributed by atoms with E-state index in [1.807, 2.05) is 0 Å². The van der Waals surface area contributed by atoms with E-state index in [0.29, 0.717) is 0 Å². The lowest BCUT2D eigenvalue weighted by Gasteiger charge is -2.18. The molecule has 0 unspecified atom stereocenters. The molecule has 0 aromatic carbocycles. The highest BCUT2D eigenvalue weighted by atomic mass is 15.1. The lowest BCUT2D eigenvalue weighted by Crippen LogP contribution is -2.30. The number of rotatable bonds is 10. The average Bonchev–Trinajstić information content (AvgIpc) is 2.19. The van der Waals surface area contributed by atoms with Gasteiger partial charge < -0.3 is 10.2 Å². The Morgan fingerprint density at radius 1 is 0.875 bits per heavy atom. The summed E-state index contributed by atoms with van der Waals surface area (Å²) in [5.41, 5.74) is 0. The molecule has 0 aromatic heterocycles. The number of nitrogens with one attached hydrogen (secondary N) is 1. The van der Waals surface area contributed by atoms with Crippen molar-refractivity contribution in [2.24, 2.45) is 11.8 Å². The third kappa shape index (κ3) is 12.0. The zero-order valence-corrected chi connectivity index (χ0v) is 12.1. The number of nitrogens with zero attached hydrogens (tertiary/aromatic N) is 1. The van der Waals surface area contributed by atoms with E-state index in [-0.39, 0.29) is 0 Å². The minimum Gasteiger partial charge on any atom is -0.315 e. The van der Waals surface area contributed by atoms with Crippen LogP contribution in [0.4, 0.5) is 0 Å². The van der Waals surface area contributed by atoms with Gasteiger partial charge in [-0.3, -0.25) is 0 Å². The molecule has 0 aromatic rings. The van der Waals surface area contributed by atoms with E-state index in [0.717, 1.165) is 18.4 Å². The van der Waals surface area contributed by atoms with E-state index in [2.05, 4.69) is 45.0 Å². The first-order valence-corrected chi connectivity index (χ1v) is 6.91. The molecule has 0 aliphatic heterocycles. The van der Waals surface area contributed by atoms with Crippen molar-refractivity contribution in [2.45, 2.75) is 47.0 Å². The van der Waals surface area contributed by atoms with Gasteiger partial charge in [-0.05, 0) is 51.2 Å². The van der Waals surface area contributed by atoms with Gasteiger partial charge in [0, 0.05) is 13.1 Å². The summed E-state index contributed by atoms with van der Waals surface area (Å²) in [5, 5.41) is 3.52. The zero-order valence-electron chi connectivity index (χ0n) is 12.1. The van der Waals surface area contributed by atoms with E-state index in [4.69, 9.17) is 0 Å². The molecule has 0 aliphatic rings. The second-order valence-corrected chi connectivity index (χ2v) is 5.77. The maximum Gasteiger partial charge on any atom is 0.0104 e. The summed E-state index contributed by atoms with van der Waals surface area (Å²) in [6, 6.07) is 0. The van der Waals surface area contributed by atoms with Gasteiger partial charge in [0.15, 0.2) is 0 Å². The lowest BCUT2D eigenvalue weighted by atomic mass is 10.1. The fraction of sp³-hybridized carbons (Fsp3) is 1.00. The van der Waals surface area contributed by atoms with Crippen LogP contribution in [0.25, 0.3) is 0 Å². The number of likely N-dealkylation sites (N-methyl/N-ethyl adjacent to an activating group) is 1. The fourth-order valence-electron chi connectivity index (χ4n) is 1.62. The van der Waals surface area contributed by atoms with Crippen molar-refractivity contribution in [2.75, 3.05) is 33.2 Å². The molecular weight excluding hydrogens is 196 g/mol. The highest BCUT2D eigenvalue weighted by Gasteiger charge is 2.00. The lowest BCUT2D eigenvalue weighted by molar-refractivity contribution is 0.308. The van der Waals surface area contributed by atoms with Crippen molar-refractivity contribution in [1.82, 2.24) is 10.2 Å². The highest BCUT2D eigenvalue weighted by molar-refractivity contribution is 4.57. The van der Waals surface area contributed by atoms with E-state index in [1.165, 1.54) is 38.9 Å². The first-order chi connectivity index (χ1) is 7.52. The molecule has 16 heavy (non-hydrogen) atoms. The van der Waals surface area contributed by atoms with Crippen molar-refractivity contribution in [3.05, 3.63) is 0 Å². The SMILES string of the molecule is CC(C)CCCNCCN(C)CCC(C)C. The van der Waals surface area contributed by atoms with E-state index in [9.17, 15) is 0 Å². The van der Waals surface area contributed by atoms with E-state index < -0.39 is 0 Å². The predicted molar refractivity (Wildman–Crippen MR) is 73.9 cm³/mol. The second-order valence-electron chi connectivity index (χ2n) is 5.77. The first-order valence-electron chi connectivity index (χ1n) is 6.91. The summed E-state index contributed by atoms with van der Waals surface area (Å²) in [4.78, 5) is 2.43. The molecule has 0 amide bonds. The van der Waals surface area contributed by atoms with Crippen LogP contribution in [0, 0.1) is 11.8 Å². The third-order valence-electron chi connectivity index (χ3n) is 2.89. The standard InChI is InChI=1S/C14H32N2/c1-13(2)7-6-9-15-10-12-16(5)11-8-14(3)4/h13-15H,6-12H2,1-5H3. The van der Waals surface area contributed by atoms with Gasteiger partial charge in [0.05, 0.1) is 0 Å². The molecular formula is C14H32N2. The molecule has 0 fully saturated rings. The largest absolute Gasteiger partial charge is 0.315 e. The van der Waals surface area contributed by atoms with Crippen LogP contribution in [-0.2, 0) is 0 Å². The average molecular weight is 228 g/mol. The minimum atomic E-state index is 0.821. The molecule has 0 radical (unpaired) electrons. The topological polar surface area (TPSA) is 15.3 Å². The summed E-state index contributed by atoms with van der Waals surface area (Å²) >= 11 is 0. The van der Waals surface area contributed by atoms with Gasteiger partial charge in [-0.25, -0.2) is 0 Å². The van der Waals surface area contributed by atoms with Crippen molar-refractivity contribution in [1.29, 1.82) is 0 Å². The van der Waals surface area contributed by atoms with Crippen LogP contribution >= 0.6 is 0 Å². The second kappa shape index (κ2) is 10.1. The molecule has 0 aliphatic carbocycles. The Balaban J connectivity index is 3.18. The van der Waals surface area contributed by atoms with Crippen molar-refractivity contribution in [3.8, 4) is 0 Å². The molecule has 0 rings (SSSR count). The summed E-state index contributed by atoms with van der Waals surface area (Å²) in [6.07, 6.45) is 3.97. The van der Waals surface area contributed by atoms with Gasteiger partial charge in [0.1, 0.15) is 0 Å². The third-order valence-corrected chi connectivity index (χ3v) is 2.89. The molecule has 0 saturated carbocycles. The normalized spacial score (nSPS) is 12.0. The Hall–Kier alpha value is -0.0800. The quantitative estimate of drug-likeness (QED) is 0.578. The van der Waals surface area contributed by atoms with E-state index in [1.54, 1.807) is 0 Å². The van der Waals surface area contributed by atoms with E-state index >= 15 is 0 Å². The van der Waals surface area contributed by atoms with Gasteiger partial charge in [-0.1, -0.05) is 27.7 Å². The van der Waals surface area contributed by atoms with Crippen LogP contribution in [0.3, 0.4) is 0 Å². The summed E-state index contributed by atoms with van der Waals surface area (Å²) in [5.74, 6) is 1.66. The van der Waals surface area contributed by atoms with Crippen LogP contribution < -0.4 is 5.32 Å². The van der Waals surface area contributed by atoms with Gasteiger partial charge >= 0.3 is 0 Å². The Labute approximate surface area is 103 Å².